The summed E-state index contributed by atoms with van der Waals surface area (Å²) in [5.74, 6) is -0.0875. The third-order valence-corrected chi connectivity index (χ3v) is 6.30. The molecule has 4 rings (SSSR count). The molecular formula is C26H35NO8. The lowest BCUT2D eigenvalue weighted by Gasteiger charge is -2.38. The second-order valence-electron chi connectivity index (χ2n) is 8.49. The number of amides is 1. The van der Waals surface area contributed by atoms with Crippen LogP contribution < -0.4 is 0 Å². The van der Waals surface area contributed by atoms with Crippen molar-refractivity contribution in [1.29, 1.82) is 0 Å². The van der Waals surface area contributed by atoms with Crippen molar-refractivity contribution in [2.24, 2.45) is 5.92 Å². The molecule has 1 N–H and O–H groups in total. The van der Waals surface area contributed by atoms with E-state index < -0.39 is 6.29 Å². The Hall–Kier alpha value is -2.43. The first kappa shape index (κ1) is 25.7. The molecule has 3 atom stereocenters. The summed E-state index contributed by atoms with van der Waals surface area (Å²) in [5, 5.41) is 9.82. The predicted octanol–water partition coefficient (Wildman–Crippen LogP) is 2.68. The summed E-state index contributed by atoms with van der Waals surface area (Å²) in [6, 6.07) is 7.89. The Balaban J connectivity index is 1.57. The average molecular weight is 490 g/mol. The summed E-state index contributed by atoms with van der Waals surface area (Å²) in [6.45, 7) is 6.10. The maximum atomic E-state index is 13.3. The monoisotopic (exact) mass is 489 g/mol. The van der Waals surface area contributed by atoms with Crippen molar-refractivity contribution in [2.75, 3.05) is 65.9 Å². The number of benzene rings is 1. The number of aliphatic hydroxyl groups is 1. The van der Waals surface area contributed by atoms with Gasteiger partial charge in [-0.1, -0.05) is 18.2 Å². The molecule has 0 bridgehead atoms. The van der Waals surface area contributed by atoms with E-state index >= 15 is 0 Å². The summed E-state index contributed by atoms with van der Waals surface area (Å²) in [4.78, 5) is 15.1. The molecular weight excluding hydrogens is 454 g/mol. The number of ether oxygens (including phenoxy) is 5. The number of morpholine rings is 1. The Morgan fingerprint density at radius 3 is 2.66 bits per heavy atom. The van der Waals surface area contributed by atoms with Crippen LogP contribution in [0, 0.1) is 5.92 Å². The fourth-order valence-corrected chi connectivity index (χ4v) is 4.57. The van der Waals surface area contributed by atoms with Crippen LogP contribution in [0.1, 0.15) is 24.8 Å². The van der Waals surface area contributed by atoms with Gasteiger partial charge < -0.3 is 38.1 Å². The predicted molar refractivity (Wildman–Crippen MR) is 128 cm³/mol. The van der Waals surface area contributed by atoms with Crippen LogP contribution in [-0.2, 0) is 28.5 Å². The molecule has 0 saturated carbocycles. The molecule has 9 heteroatoms. The van der Waals surface area contributed by atoms with E-state index in [1.54, 1.807) is 11.2 Å². The molecule has 3 heterocycles. The van der Waals surface area contributed by atoms with Crippen LogP contribution in [0.15, 0.2) is 46.8 Å². The second kappa shape index (κ2) is 13.0. The topological polar surface area (TPSA) is 99.8 Å². The van der Waals surface area contributed by atoms with Crippen molar-refractivity contribution in [3.05, 3.63) is 47.9 Å². The van der Waals surface area contributed by atoms with E-state index in [0.717, 1.165) is 16.5 Å². The summed E-state index contributed by atoms with van der Waals surface area (Å²) >= 11 is 0. The van der Waals surface area contributed by atoms with E-state index in [9.17, 15) is 4.79 Å². The fraction of sp³-hybridized carbons (Fsp3) is 0.577. The van der Waals surface area contributed by atoms with Gasteiger partial charge in [-0.25, -0.2) is 0 Å². The average Bonchev–Trinajstić information content (AvgIpc) is 3.33. The number of carbonyl (C=O) groups excluding carboxylic acids is 1. The summed E-state index contributed by atoms with van der Waals surface area (Å²) in [5.41, 5.74) is 1.80. The van der Waals surface area contributed by atoms with E-state index in [1.165, 1.54) is 0 Å². The summed E-state index contributed by atoms with van der Waals surface area (Å²) in [7, 11) is 0. The van der Waals surface area contributed by atoms with Crippen LogP contribution >= 0.6 is 0 Å². The third kappa shape index (κ3) is 6.42. The van der Waals surface area contributed by atoms with Gasteiger partial charge in [-0.05, 0) is 25.5 Å². The number of fused-ring (bicyclic) bond motifs is 1. The van der Waals surface area contributed by atoms with Crippen molar-refractivity contribution >= 4 is 16.9 Å². The van der Waals surface area contributed by atoms with E-state index in [-0.39, 0.29) is 24.3 Å². The number of carbonyl (C=O) groups is 1. The number of hydrogen-bond acceptors (Lipinski definition) is 8. The lowest BCUT2D eigenvalue weighted by atomic mass is 9.81. The Morgan fingerprint density at radius 1 is 1.11 bits per heavy atom. The summed E-state index contributed by atoms with van der Waals surface area (Å²) in [6.07, 6.45) is 3.75. The Kier molecular flexibility index (Phi) is 9.56. The zero-order chi connectivity index (χ0) is 24.5. The Labute approximate surface area is 205 Å². The molecule has 3 unspecified atom stereocenters. The lowest BCUT2D eigenvalue weighted by Crippen LogP contribution is -2.44. The van der Waals surface area contributed by atoms with Crippen molar-refractivity contribution < 1.29 is 38.0 Å². The van der Waals surface area contributed by atoms with Gasteiger partial charge in [0.25, 0.3) is 5.91 Å². The number of nitrogens with zero attached hydrogens (tertiary/aromatic N) is 1. The second-order valence-corrected chi connectivity index (χ2v) is 8.49. The molecule has 2 aromatic rings. The van der Waals surface area contributed by atoms with Gasteiger partial charge in [-0.15, -0.1) is 0 Å². The molecule has 1 aromatic carbocycles. The molecule has 1 amide bonds. The van der Waals surface area contributed by atoms with Crippen LogP contribution in [0.3, 0.4) is 0 Å². The van der Waals surface area contributed by atoms with E-state index in [2.05, 4.69) is 0 Å². The molecule has 35 heavy (non-hydrogen) atoms. The third-order valence-electron chi connectivity index (χ3n) is 6.30. The number of hydrogen-bond donors (Lipinski definition) is 1. The van der Waals surface area contributed by atoms with Gasteiger partial charge in [0.2, 0.25) is 6.29 Å². The highest BCUT2D eigenvalue weighted by Crippen LogP contribution is 2.42. The molecule has 0 spiro atoms. The van der Waals surface area contributed by atoms with Gasteiger partial charge >= 0.3 is 0 Å². The molecule has 2 aliphatic heterocycles. The fourth-order valence-electron chi connectivity index (χ4n) is 4.57. The quantitative estimate of drug-likeness (QED) is 0.455. The maximum Gasteiger partial charge on any atom is 0.288 e. The highest BCUT2D eigenvalue weighted by molar-refractivity contribution is 5.92. The number of furan rings is 1. The highest BCUT2D eigenvalue weighted by atomic mass is 16.7. The Morgan fingerprint density at radius 2 is 1.89 bits per heavy atom. The first-order valence-electron chi connectivity index (χ1n) is 12.3. The molecule has 1 fully saturated rings. The minimum Gasteiger partial charge on any atom is -0.464 e. The van der Waals surface area contributed by atoms with E-state index in [4.69, 9.17) is 33.2 Å². The number of rotatable bonds is 12. The van der Waals surface area contributed by atoms with E-state index in [0.29, 0.717) is 71.5 Å². The molecule has 2 aliphatic rings. The van der Waals surface area contributed by atoms with Gasteiger partial charge in [-0.2, -0.15) is 0 Å². The SMILES string of the molecule is CCOC1OC(C(=O)N2CCOCC2)=CC(c2coc3ccccc23)C1CCOCCOCCO. The molecule has 9 nitrogen and oxygen atoms in total. The highest BCUT2D eigenvalue weighted by Gasteiger charge is 2.40. The lowest BCUT2D eigenvalue weighted by molar-refractivity contribution is -0.173. The maximum absolute atomic E-state index is 13.3. The van der Waals surface area contributed by atoms with Crippen molar-refractivity contribution in [3.8, 4) is 0 Å². The number of allylic oxidation sites excluding steroid dienone is 1. The van der Waals surface area contributed by atoms with Gasteiger partial charge in [-0.3, -0.25) is 4.79 Å². The largest absolute Gasteiger partial charge is 0.464 e. The van der Waals surface area contributed by atoms with Crippen LogP contribution in [0.2, 0.25) is 0 Å². The van der Waals surface area contributed by atoms with Crippen molar-refractivity contribution in [2.45, 2.75) is 25.6 Å². The van der Waals surface area contributed by atoms with Crippen LogP contribution in [-0.4, -0.2) is 88.1 Å². The first-order chi connectivity index (χ1) is 17.2. The van der Waals surface area contributed by atoms with Crippen LogP contribution in [0.5, 0.6) is 0 Å². The first-order valence-corrected chi connectivity index (χ1v) is 12.3. The number of para-hydroxylation sites is 1. The zero-order valence-electron chi connectivity index (χ0n) is 20.2. The normalized spacial score (nSPS) is 22.7. The molecule has 192 valence electrons. The van der Waals surface area contributed by atoms with Crippen LogP contribution in [0.4, 0.5) is 0 Å². The van der Waals surface area contributed by atoms with Crippen molar-refractivity contribution in [1.82, 2.24) is 4.90 Å². The van der Waals surface area contributed by atoms with Gasteiger partial charge in [0.05, 0.1) is 45.9 Å². The van der Waals surface area contributed by atoms with Gasteiger partial charge in [0, 0.05) is 49.1 Å². The zero-order valence-corrected chi connectivity index (χ0v) is 20.2. The molecule has 0 radical (unpaired) electrons. The molecule has 1 saturated heterocycles. The standard InChI is InChI=1S/C26H35NO8/c1-2-33-26-20(7-11-30-15-16-32-14-10-28)21(22-18-34-23-6-4-3-5-19(22)23)17-24(35-26)25(29)27-8-12-31-13-9-27/h3-6,17-18,20-21,26,28H,2,7-16H2,1H3. The van der Waals surface area contributed by atoms with Crippen molar-refractivity contribution in [3.63, 3.8) is 0 Å². The smallest absolute Gasteiger partial charge is 0.288 e. The Bertz CT molecular complexity index is 967. The molecule has 0 aliphatic carbocycles. The number of aliphatic hydroxyl groups excluding tert-OH is 1. The minimum atomic E-state index is -0.599. The van der Waals surface area contributed by atoms with Gasteiger partial charge in [0.15, 0.2) is 5.76 Å². The minimum absolute atomic E-state index is 0.00632. The van der Waals surface area contributed by atoms with Gasteiger partial charge in [0.1, 0.15) is 5.58 Å². The molecule has 1 aromatic heterocycles. The van der Waals surface area contributed by atoms with Crippen LogP contribution in [0.25, 0.3) is 11.0 Å². The summed E-state index contributed by atoms with van der Waals surface area (Å²) < 4.78 is 34.5. The van der Waals surface area contributed by atoms with E-state index in [1.807, 2.05) is 37.3 Å².